The SMILES string of the molecule is CCCNC(Cc1ccn(C(C)CC)n1)C(CCC)OC. The molecular formula is C17H33N3O. The summed E-state index contributed by atoms with van der Waals surface area (Å²) in [5, 5.41) is 8.36. The van der Waals surface area contributed by atoms with E-state index in [0.29, 0.717) is 12.1 Å². The lowest BCUT2D eigenvalue weighted by Crippen LogP contribution is -2.43. The summed E-state index contributed by atoms with van der Waals surface area (Å²) >= 11 is 0. The van der Waals surface area contributed by atoms with Gasteiger partial charge in [0.2, 0.25) is 0 Å². The lowest BCUT2D eigenvalue weighted by atomic mass is 10.0. The first-order valence-electron chi connectivity index (χ1n) is 8.46. The fraction of sp³-hybridized carbons (Fsp3) is 0.824. The summed E-state index contributed by atoms with van der Waals surface area (Å²) in [7, 11) is 1.82. The Morgan fingerprint density at radius 2 is 2.05 bits per heavy atom. The molecule has 1 N–H and O–H groups in total. The molecule has 4 nitrogen and oxygen atoms in total. The van der Waals surface area contributed by atoms with Crippen LogP contribution in [0.15, 0.2) is 12.3 Å². The summed E-state index contributed by atoms with van der Waals surface area (Å²) in [6, 6.07) is 2.95. The van der Waals surface area contributed by atoms with E-state index >= 15 is 0 Å². The first-order valence-corrected chi connectivity index (χ1v) is 8.46. The molecule has 0 aromatic carbocycles. The van der Waals surface area contributed by atoms with Gasteiger partial charge in [-0.05, 0) is 38.8 Å². The van der Waals surface area contributed by atoms with E-state index in [1.807, 2.05) is 7.11 Å². The third-order valence-electron chi connectivity index (χ3n) is 4.12. The lowest BCUT2D eigenvalue weighted by Gasteiger charge is -2.26. The van der Waals surface area contributed by atoms with Crippen molar-refractivity contribution in [2.45, 2.75) is 78.0 Å². The van der Waals surface area contributed by atoms with E-state index in [1.54, 1.807) is 0 Å². The third-order valence-corrected chi connectivity index (χ3v) is 4.12. The van der Waals surface area contributed by atoms with Gasteiger partial charge in [0.25, 0.3) is 0 Å². The average Bonchev–Trinajstić information content (AvgIpc) is 2.97. The number of rotatable bonds is 11. The van der Waals surface area contributed by atoms with Gasteiger partial charge in [0, 0.05) is 31.8 Å². The van der Waals surface area contributed by atoms with E-state index in [2.05, 4.69) is 50.0 Å². The van der Waals surface area contributed by atoms with Gasteiger partial charge in [-0.3, -0.25) is 4.68 Å². The predicted octanol–water partition coefficient (Wildman–Crippen LogP) is 3.58. The highest BCUT2D eigenvalue weighted by Crippen LogP contribution is 2.14. The Hall–Kier alpha value is -0.870. The van der Waals surface area contributed by atoms with Crippen LogP contribution >= 0.6 is 0 Å². The molecule has 1 rings (SSSR count). The normalized spacial score (nSPS) is 15.9. The Bertz CT molecular complexity index is 378. The fourth-order valence-corrected chi connectivity index (χ4v) is 2.58. The Morgan fingerprint density at radius 1 is 1.29 bits per heavy atom. The molecule has 0 fully saturated rings. The van der Waals surface area contributed by atoms with Crippen LogP contribution in [0, 0.1) is 0 Å². The quantitative estimate of drug-likeness (QED) is 0.678. The Labute approximate surface area is 130 Å². The molecule has 1 aromatic heterocycles. The Morgan fingerprint density at radius 3 is 2.62 bits per heavy atom. The van der Waals surface area contributed by atoms with Crippen LogP contribution in [0.3, 0.4) is 0 Å². The molecule has 0 spiro atoms. The van der Waals surface area contributed by atoms with Crippen LogP contribution in [0.2, 0.25) is 0 Å². The highest BCUT2D eigenvalue weighted by molar-refractivity contribution is 5.03. The second-order valence-electron chi connectivity index (χ2n) is 5.87. The summed E-state index contributed by atoms with van der Waals surface area (Å²) in [5.41, 5.74) is 1.15. The zero-order valence-electron chi connectivity index (χ0n) is 14.4. The maximum Gasteiger partial charge on any atom is 0.0728 e. The molecule has 3 unspecified atom stereocenters. The van der Waals surface area contributed by atoms with Gasteiger partial charge in [0.15, 0.2) is 0 Å². The highest BCUT2D eigenvalue weighted by Gasteiger charge is 2.21. The number of hydrogen-bond acceptors (Lipinski definition) is 3. The van der Waals surface area contributed by atoms with Crippen molar-refractivity contribution >= 4 is 0 Å². The molecule has 0 saturated carbocycles. The maximum absolute atomic E-state index is 5.70. The van der Waals surface area contributed by atoms with Gasteiger partial charge in [-0.2, -0.15) is 5.10 Å². The average molecular weight is 295 g/mol. The van der Waals surface area contributed by atoms with Gasteiger partial charge < -0.3 is 10.1 Å². The molecule has 4 heteroatoms. The fourth-order valence-electron chi connectivity index (χ4n) is 2.58. The summed E-state index contributed by atoms with van der Waals surface area (Å²) < 4.78 is 7.78. The van der Waals surface area contributed by atoms with Crippen molar-refractivity contribution in [2.24, 2.45) is 0 Å². The van der Waals surface area contributed by atoms with Crippen molar-refractivity contribution in [3.8, 4) is 0 Å². The molecule has 0 saturated heterocycles. The molecule has 1 heterocycles. The van der Waals surface area contributed by atoms with Crippen molar-refractivity contribution in [2.75, 3.05) is 13.7 Å². The van der Waals surface area contributed by atoms with Crippen molar-refractivity contribution in [3.63, 3.8) is 0 Å². The Balaban J connectivity index is 2.72. The second-order valence-corrected chi connectivity index (χ2v) is 5.87. The number of aromatic nitrogens is 2. The first-order chi connectivity index (χ1) is 10.2. The summed E-state index contributed by atoms with van der Waals surface area (Å²) in [4.78, 5) is 0. The largest absolute Gasteiger partial charge is 0.380 e. The molecule has 0 bridgehead atoms. The minimum Gasteiger partial charge on any atom is -0.380 e. The van der Waals surface area contributed by atoms with E-state index < -0.39 is 0 Å². The van der Waals surface area contributed by atoms with Crippen molar-refractivity contribution in [1.82, 2.24) is 15.1 Å². The molecular weight excluding hydrogens is 262 g/mol. The van der Waals surface area contributed by atoms with Crippen LogP contribution in [0.25, 0.3) is 0 Å². The van der Waals surface area contributed by atoms with Crippen LogP contribution in [-0.2, 0) is 11.2 Å². The molecule has 1 aromatic rings. The molecule has 122 valence electrons. The molecule has 0 aliphatic carbocycles. The number of nitrogens with one attached hydrogen (secondary N) is 1. The number of ether oxygens (including phenoxy) is 1. The number of methoxy groups -OCH3 is 1. The van der Waals surface area contributed by atoms with E-state index in [9.17, 15) is 0 Å². The molecule has 0 aliphatic heterocycles. The number of hydrogen-bond donors (Lipinski definition) is 1. The molecule has 0 amide bonds. The summed E-state index contributed by atoms with van der Waals surface area (Å²) in [6.07, 6.45) is 7.77. The summed E-state index contributed by atoms with van der Waals surface area (Å²) in [6.45, 7) is 9.84. The van der Waals surface area contributed by atoms with Gasteiger partial charge in [0.05, 0.1) is 11.8 Å². The predicted molar refractivity (Wildman–Crippen MR) is 88.7 cm³/mol. The molecule has 3 atom stereocenters. The Kier molecular flexibility index (Phi) is 8.62. The van der Waals surface area contributed by atoms with Crippen LogP contribution in [0.4, 0.5) is 0 Å². The smallest absolute Gasteiger partial charge is 0.0728 e. The van der Waals surface area contributed by atoms with Gasteiger partial charge >= 0.3 is 0 Å². The topological polar surface area (TPSA) is 39.1 Å². The van der Waals surface area contributed by atoms with Crippen LogP contribution in [0.1, 0.15) is 65.1 Å². The standard InChI is InChI=1S/C17H33N3O/c1-6-9-17(21-5)16(18-11-7-2)13-15-10-12-20(19-15)14(4)8-3/h10,12,14,16-18H,6-9,11,13H2,1-5H3. The molecule has 0 aliphatic rings. The van der Waals surface area contributed by atoms with E-state index in [0.717, 1.165) is 44.3 Å². The minimum absolute atomic E-state index is 0.260. The van der Waals surface area contributed by atoms with Crippen LogP contribution in [-0.4, -0.2) is 35.6 Å². The van der Waals surface area contributed by atoms with Crippen LogP contribution < -0.4 is 5.32 Å². The zero-order chi connectivity index (χ0) is 15.7. The lowest BCUT2D eigenvalue weighted by molar-refractivity contribution is 0.0605. The second kappa shape index (κ2) is 9.96. The van der Waals surface area contributed by atoms with Crippen molar-refractivity contribution < 1.29 is 4.74 Å². The van der Waals surface area contributed by atoms with Crippen LogP contribution in [0.5, 0.6) is 0 Å². The first kappa shape index (κ1) is 18.2. The van der Waals surface area contributed by atoms with E-state index in [-0.39, 0.29) is 6.10 Å². The molecule has 21 heavy (non-hydrogen) atoms. The van der Waals surface area contributed by atoms with Gasteiger partial charge in [-0.15, -0.1) is 0 Å². The van der Waals surface area contributed by atoms with Gasteiger partial charge in [0.1, 0.15) is 0 Å². The van der Waals surface area contributed by atoms with Crippen molar-refractivity contribution in [3.05, 3.63) is 18.0 Å². The van der Waals surface area contributed by atoms with Gasteiger partial charge in [-0.1, -0.05) is 27.2 Å². The van der Waals surface area contributed by atoms with E-state index in [4.69, 9.17) is 9.84 Å². The van der Waals surface area contributed by atoms with Gasteiger partial charge in [-0.25, -0.2) is 0 Å². The highest BCUT2D eigenvalue weighted by atomic mass is 16.5. The zero-order valence-corrected chi connectivity index (χ0v) is 14.4. The monoisotopic (exact) mass is 295 g/mol. The minimum atomic E-state index is 0.260. The van der Waals surface area contributed by atoms with E-state index in [1.165, 1.54) is 0 Å². The number of nitrogens with zero attached hydrogens (tertiary/aromatic N) is 2. The summed E-state index contributed by atoms with van der Waals surface area (Å²) in [5.74, 6) is 0. The maximum atomic E-state index is 5.70. The molecule has 0 radical (unpaired) electrons. The van der Waals surface area contributed by atoms with Crippen molar-refractivity contribution in [1.29, 1.82) is 0 Å². The third kappa shape index (κ3) is 5.79.